The number of halogens is 1. The fourth-order valence-electron chi connectivity index (χ4n) is 2.51. The summed E-state index contributed by atoms with van der Waals surface area (Å²) in [6.45, 7) is 5.10. The van der Waals surface area contributed by atoms with Crippen molar-refractivity contribution in [3.05, 3.63) is 52.1 Å². The van der Waals surface area contributed by atoms with Gasteiger partial charge in [0, 0.05) is 10.9 Å². The Bertz CT molecular complexity index is 976. The molecule has 0 aliphatic carbocycles. The number of benzene rings is 1. The van der Waals surface area contributed by atoms with E-state index in [0.717, 1.165) is 5.56 Å². The Morgan fingerprint density at radius 2 is 1.92 bits per heavy atom. The molecule has 2 aromatic heterocycles. The van der Waals surface area contributed by atoms with Crippen molar-refractivity contribution in [3.8, 4) is 11.1 Å². The monoisotopic (exact) mass is 360 g/mol. The predicted molar refractivity (Wildman–Crippen MR) is 95.2 cm³/mol. The molecule has 2 heterocycles. The van der Waals surface area contributed by atoms with Gasteiger partial charge in [-0.2, -0.15) is 0 Å². The normalized spacial score (nSPS) is 12.5. The molecular weight excluding hydrogens is 343 g/mol. The molecule has 0 spiro atoms. The van der Waals surface area contributed by atoms with Gasteiger partial charge in [0.15, 0.2) is 0 Å². The van der Waals surface area contributed by atoms with Crippen molar-refractivity contribution in [2.75, 3.05) is 0 Å². The summed E-state index contributed by atoms with van der Waals surface area (Å²) in [6, 6.07) is 5.13. The summed E-state index contributed by atoms with van der Waals surface area (Å²) in [7, 11) is 0. The van der Waals surface area contributed by atoms with Crippen molar-refractivity contribution in [2.24, 2.45) is 0 Å². The topological polar surface area (TPSA) is 61.2 Å². The van der Waals surface area contributed by atoms with Crippen molar-refractivity contribution >= 4 is 27.5 Å². The van der Waals surface area contributed by atoms with Crippen LogP contribution in [0.15, 0.2) is 40.8 Å². The summed E-state index contributed by atoms with van der Waals surface area (Å²) in [5.74, 6) is -0.833. The Morgan fingerprint density at radius 3 is 2.56 bits per heavy atom. The maximum Gasteiger partial charge on any atom is 0.329 e. The molecule has 0 unspecified atom stereocenters. The number of rotatable bonds is 4. The van der Waals surface area contributed by atoms with Crippen LogP contribution >= 0.6 is 11.3 Å². The summed E-state index contributed by atoms with van der Waals surface area (Å²) in [6.07, 6.45) is 1.10. The number of carbonyl (C=O) groups excluding carboxylic acids is 1. The van der Waals surface area contributed by atoms with Crippen LogP contribution in [-0.4, -0.2) is 21.6 Å². The first-order valence-corrected chi connectivity index (χ1v) is 8.71. The van der Waals surface area contributed by atoms with Gasteiger partial charge in [-0.25, -0.2) is 14.2 Å². The Balaban J connectivity index is 2.10. The number of fused-ring (bicyclic) bond motifs is 1. The van der Waals surface area contributed by atoms with Crippen LogP contribution in [0.2, 0.25) is 0 Å². The average molecular weight is 360 g/mol. The Morgan fingerprint density at radius 1 is 1.24 bits per heavy atom. The molecule has 0 saturated heterocycles. The number of carbonyl (C=O) groups is 1. The summed E-state index contributed by atoms with van der Waals surface area (Å²) < 4.78 is 19.6. The molecule has 0 saturated carbocycles. The summed E-state index contributed by atoms with van der Waals surface area (Å²) >= 11 is 1.33. The molecule has 3 rings (SSSR count). The lowest BCUT2D eigenvalue weighted by Gasteiger charge is -2.16. The van der Waals surface area contributed by atoms with Gasteiger partial charge in [-0.1, -0.05) is 12.1 Å². The summed E-state index contributed by atoms with van der Waals surface area (Å²) in [5.41, 5.74) is 1.08. The van der Waals surface area contributed by atoms with Gasteiger partial charge in [-0.3, -0.25) is 9.36 Å². The number of thiophene rings is 1. The second-order valence-corrected chi connectivity index (χ2v) is 6.81. The molecule has 0 aliphatic rings. The minimum absolute atomic E-state index is 0.265. The highest BCUT2D eigenvalue weighted by Gasteiger charge is 2.22. The fraction of sp³-hybridized carbons (Fsp3) is 0.278. The van der Waals surface area contributed by atoms with E-state index in [1.165, 1.54) is 34.4 Å². The van der Waals surface area contributed by atoms with Gasteiger partial charge in [0.1, 0.15) is 16.7 Å². The molecule has 0 bridgehead atoms. The van der Waals surface area contributed by atoms with E-state index >= 15 is 0 Å². The Hall–Kier alpha value is -2.54. The molecule has 0 radical (unpaired) electrons. The van der Waals surface area contributed by atoms with Crippen LogP contribution in [0, 0.1) is 5.82 Å². The zero-order valence-electron chi connectivity index (χ0n) is 14.0. The van der Waals surface area contributed by atoms with Gasteiger partial charge >= 0.3 is 5.97 Å². The zero-order chi connectivity index (χ0) is 18.1. The van der Waals surface area contributed by atoms with Crippen LogP contribution in [0.3, 0.4) is 0 Å². The van der Waals surface area contributed by atoms with Crippen LogP contribution in [0.1, 0.15) is 26.8 Å². The fourth-order valence-corrected chi connectivity index (χ4v) is 3.41. The van der Waals surface area contributed by atoms with E-state index in [0.29, 0.717) is 15.8 Å². The Kier molecular flexibility index (Phi) is 4.67. The maximum absolute atomic E-state index is 13.2. The molecule has 0 amide bonds. The first-order chi connectivity index (χ1) is 11.9. The number of nitrogens with zero attached hydrogens (tertiary/aromatic N) is 2. The predicted octanol–water partition coefficient (Wildman–Crippen LogP) is 3.78. The van der Waals surface area contributed by atoms with Gasteiger partial charge in [-0.05, 0) is 38.5 Å². The minimum atomic E-state index is -0.784. The van der Waals surface area contributed by atoms with E-state index in [-0.39, 0.29) is 17.5 Å². The van der Waals surface area contributed by atoms with Crippen LogP contribution < -0.4 is 5.56 Å². The molecule has 25 heavy (non-hydrogen) atoms. The largest absolute Gasteiger partial charge is 0.461 e. The highest BCUT2D eigenvalue weighted by Crippen LogP contribution is 2.31. The molecule has 5 nitrogen and oxygen atoms in total. The van der Waals surface area contributed by atoms with Gasteiger partial charge in [0.2, 0.25) is 0 Å². The third-order valence-corrected chi connectivity index (χ3v) is 4.67. The van der Waals surface area contributed by atoms with Crippen molar-refractivity contribution < 1.29 is 13.9 Å². The van der Waals surface area contributed by atoms with Crippen LogP contribution in [0.25, 0.3) is 21.3 Å². The number of aromatic nitrogens is 2. The van der Waals surface area contributed by atoms with E-state index in [1.807, 2.05) is 5.38 Å². The van der Waals surface area contributed by atoms with Crippen LogP contribution in [-0.2, 0) is 9.53 Å². The maximum atomic E-state index is 13.2. The standard InChI is InChI=1S/C18H17FN2O3S/c1-10(2)24-18(23)11(3)21-9-20-16-15(17(21)22)14(8-25-16)12-4-6-13(19)7-5-12/h4-11H,1-3H3/t11-/m0/s1. The molecule has 1 aromatic carbocycles. The highest BCUT2D eigenvalue weighted by atomic mass is 32.1. The molecule has 130 valence electrons. The number of esters is 1. The third-order valence-electron chi connectivity index (χ3n) is 3.78. The van der Waals surface area contributed by atoms with E-state index < -0.39 is 12.0 Å². The lowest BCUT2D eigenvalue weighted by Crippen LogP contribution is -2.30. The molecular formula is C18H17FN2O3S. The lowest BCUT2D eigenvalue weighted by atomic mass is 10.1. The van der Waals surface area contributed by atoms with Gasteiger partial charge in [0.05, 0.1) is 17.8 Å². The van der Waals surface area contributed by atoms with E-state index in [9.17, 15) is 14.0 Å². The number of hydrogen-bond acceptors (Lipinski definition) is 5. The lowest BCUT2D eigenvalue weighted by molar-refractivity contribution is -0.151. The Labute approximate surface area is 147 Å². The molecule has 0 N–H and O–H groups in total. The first kappa shape index (κ1) is 17.3. The quantitative estimate of drug-likeness (QED) is 0.665. The highest BCUT2D eigenvalue weighted by molar-refractivity contribution is 7.17. The molecule has 7 heteroatoms. The van der Waals surface area contributed by atoms with Crippen molar-refractivity contribution in [3.63, 3.8) is 0 Å². The smallest absolute Gasteiger partial charge is 0.329 e. The SMILES string of the molecule is CC(C)OC(=O)[C@H](C)n1cnc2scc(-c3ccc(F)cc3)c2c1=O. The zero-order valence-corrected chi connectivity index (χ0v) is 14.8. The second-order valence-electron chi connectivity index (χ2n) is 5.96. The van der Waals surface area contributed by atoms with Crippen molar-refractivity contribution in [2.45, 2.75) is 32.9 Å². The van der Waals surface area contributed by atoms with Crippen molar-refractivity contribution in [1.29, 1.82) is 0 Å². The first-order valence-electron chi connectivity index (χ1n) is 7.83. The van der Waals surface area contributed by atoms with E-state index in [2.05, 4.69) is 4.98 Å². The van der Waals surface area contributed by atoms with E-state index in [1.54, 1.807) is 32.9 Å². The van der Waals surface area contributed by atoms with E-state index in [4.69, 9.17) is 4.74 Å². The van der Waals surface area contributed by atoms with Crippen LogP contribution in [0.5, 0.6) is 0 Å². The second kappa shape index (κ2) is 6.76. The summed E-state index contributed by atoms with van der Waals surface area (Å²) in [4.78, 5) is 29.9. The summed E-state index contributed by atoms with van der Waals surface area (Å²) in [5, 5.41) is 2.23. The molecule has 0 aliphatic heterocycles. The third kappa shape index (κ3) is 3.32. The van der Waals surface area contributed by atoms with Gasteiger partial charge in [-0.15, -0.1) is 11.3 Å². The molecule has 0 fully saturated rings. The van der Waals surface area contributed by atoms with Gasteiger partial charge in [0.25, 0.3) is 5.56 Å². The van der Waals surface area contributed by atoms with Crippen LogP contribution in [0.4, 0.5) is 4.39 Å². The molecule has 1 atom stereocenters. The average Bonchev–Trinajstić information content (AvgIpc) is 2.99. The number of hydrogen-bond donors (Lipinski definition) is 0. The number of ether oxygens (including phenoxy) is 1. The van der Waals surface area contributed by atoms with Gasteiger partial charge < -0.3 is 4.74 Å². The molecule has 3 aromatic rings. The minimum Gasteiger partial charge on any atom is -0.461 e. The van der Waals surface area contributed by atoms with Crippen molar-refractivity contribution in [1.82, 2.24) is 9.55 Å².